The lowest BCUT2D eigenvalue weighted by Crippen LogP contribution is -2.41. The number of benzene rings is 1. The van der Waals surface area contributed by atoms with E-state index in [2.05, 4.69) is 20.6 Å². The van der Waals surface area contributed by atoms with Crippen LogP contribution in [-0.2, 0) is 4.79 Å². The number of carbonyl (C=O) groups is 2. The van der Waals surface area contributed by atoms with E-state index in [1.54, 1.807) is 30.6 Å². The zero-order valence-electron chi connectivity index (χ0n) is 15.8. The molecule has 0 saturated heterocycles. The van der Waals surface area contributed by atoms with Crippen LogP contribution in [-0.4, -0.2) is 49.2 Å². The second kappa shape index (κ2) is 8.17. The lowest BCUT2D eigenvalue weighted by atomic mass is 10.2. The molecule has 3 rings (SSSR count). The van der Waals surface area contributed by atoms with E-state index in [1.165, 1.54) is 32.7 Å². The number of aromatic amines is 1. The summed E-state index contributed by atoms with van der Waals surface area (Å²) in [6.45, 7) is 1.59. The predicted octanol–water partition coefficient (Wildman–Crippen LogP) is 2.41. The predicted molar refractivity (Wildman–Crippen MR) is 106 cm³/mol. The van der Waals surface area contributed by atoms with Crippen molar-refractivity contribution in [3.8, 4) is 17.2 Å². The molecule has 3 aromatic rings. The summed E-state index contributed by atoms with van der Waals surface area (Å²) in [7, 11) is 4.53. The number of hydrogen-bond donors (Lipinski definition) is 3. The molecule has 9 nitrogen and oxygen atoms in total. The molecule has 28 heavy (non-hydrogen) atoms. The van der Waals surface area contributed by atoms with Gasteiger partial charge in [0.25, 0.3) is 5.91 Å². The number of aromatic nitrogens is 2. The Morgan fingerprint density at radius 2 is 1.89 bits per heavy atom. The Kier molecular flexibility index (Phi) is 5.69. The van der Waals surface area contributed by atoms with Crippen LogP contribution in [0.5, 0.6) is 17.2 Å². The maximum Gasteiger partial charge on any atom is 0.268 e. The van der Waals surface area contributed by atoms with E-state index >= 15 is 0 Å². The Morgan fingerprint density at radius 1 is 1.14 bits per heavy atom. The van der Waals surface area contributed by atoms with Crippen LogP contribution in [0.4, 0.5) is 5.13 Å². The van der Waals surface area contributed by atoms with E-state index in [1.807, 2.05) is 0 Å². The maximum absolute atomic E-state index is 12.6. The molecule has 2 amide bonds. The highest BCUT2D eigenvalue weighted by Gasteiger charge is 2.22. The van der Waals surface area contributed by atoms with Gasteiger partial charge in [-0.25, -0.2) is 4.98 Å². The minimum absolute atomic E-state index is 0.275. The van der Waals surface area contributed by atoms with E-state index in [0.717, 1.165) is 0 Å². The summed E-state index contributed by atoms with van der Waals surface area (Å²) in [5, 5.41) is 8.23. The fraction of sp³-hybridized carbons (Fsp3) is 0.278. The van der Waals surface area contributed by atoms with Gasteiger partial charge < -0.3 is 29.8 Å². The van der Waals surface area contributed by atoms with Crippen LogP contribution in [0.15, 0.2) is 23.7 Å². The lowest BCUT2D eigenvalue weighted by molar-refractivity contribution is -0.117. The second-order valence-corrected chi connectivity index (χ2v) is 6.71. The van der Waals surface area contributed by atoms with Gasteiger partial charge in [-0.15, -0.1) is 11.3 Å². The van der Waals surface area contributed by atoms with Crippen LogP contribution in [0.1, 0.15) is 17.4 Å². The summed E-state index contributed by atoms with van der Waals surface area (Å²) < 4.78 is 16.1. The molecule has 3 N–H and O–H groups in total. The number of carbonyl (C=O) groups excluding carboxylic acids is 2. The molecule has 0 spiro atoms. The zero-order chi connectivity index (χ0) is 20.3. The molecule has 1 atom stereocenters. The quantitative estimate of drug-likeness (QED) is 0.557. The molecule has 0 unspecified atom stereocenters. The van der Waals surface area contributed by atoms with Crippen molar-refractivity contribution in [2.45, 2.75) is 13.0 Å². The van der Waals surface area contributed by atoms with E-state index < -0.39 is 11.9 Å². The number of H-pyrrole nitrogens is 1. The summed E-state index contributed by atoms with van der Waals surface area (Å²) in [6.07, 6.45) is 1.59. The van der Waals surface area contributed by atoms with Gasteiger partial charge in [0.05, 0.1) is 26.8 Å². The standard InChI is InChI=1S/C18H20N4O5S/c1-9(16(23)22-18-19-5-6-28-18)20-17(24)11-7-10-8-12(25-2)14(26-3)15(27-4)13(10)21-11/h5-9,21H,1-4H3,(H,20,24)(H,19,22,23)/t9-/m0/s1. The van der Waals surface area contributed by atoms with Gasteiger partial charge in [-0.1, -0.05) is 0 Å². The summed E-state index contributed by atoms with van der Waals surface area (Å²) in [4.78, 5) is 31.8. The minimum atomic E-state index is -0.756. The van der Waals surface area contributed by atoms with Gasteiger partial charge in [0, 0.05) is 17.0 Å². The van der Waals surface area contributed by atoms with Gasteiger partial charge in [-0.3, -0.25) is 9.59 Å². The molecular weight excluding hydrogens is 384 g/mol. The number of amides is 2. The van der Waals surface area contributed by atoms with E-state index in [4.69, 9.17) is 14.2 Å². The number of nitrogens with zero attached hydrogens (tertiary/aromatic N) is 1. The molecule has 0 saturated carbocycles. The SMILES string of the molecule is COc1cc2cc(C(=O)N[C@@H](C)C(=O)Nc3nccs3)[nH]c2c(OC)c1OC. The van der Waals surface area contributed by atoms with Gasteiger partial charge in [-0.2, -0.15) is 0 Å². The fourth-order valence-corrected chi connectivity index (χ4v) is 3.24. The van der Waals surface area contributed by atoms with Gasteiger partial charge in [0.1, 0.15) is 11.7 Å². The van der Waals surface area contributed by atoms with Gasteiger partial charge in [0.15, 0.2) is 16.6 Å². The molecule has 1 aromatic carbocycles. The van der Waals surface area contributed by atoms with Gasteiger partial charge in [0.2, 0.25) is 11.7 Å². The maximum atomic E-state index is 12.6. The molecule has 2 heterocycles. The number of fused-ring (bicyclic) bond motifs is 1. The highest BCUT2D eigenvalue weighted by atomic mass is 32.1. The van der Waals surface area contributed by atoms with E-state index in [-0.39, 0.29) is 11.6 Å². The summed E-state index contributed by atoms with van der Waals surface area (Å²) >= 11 is 1.30. The van der Waals surface area contributed by atoms with Crippen molar-refractivity contribution in [2.75, 3.05) is 26.6 Å². The van der Waals surface area contributed by atoms with Gasteiger partial charge >= 0.3 is 0 Å². The largest absolute Gasteiger partial charge is 0.493 e. The molecule has 0 aliphatic carbocycles. The molecule has 0 bridgehead atoms. The van der Waals surface area contributed by atoms with Crippen LogP contribution >= 0.6 is 11.3 Å². The summed E-state index contributed by atoms with van der Waals surface area (Å²) in [5.74, 6) is 0.528. The molecule has 0 aliphatic heterocycles. The molecule has 148 valence electrons. The van der Waals surface area contributed by atoms with Crippen molar-refractivity contribution in [3.05, 3.63) is 29.4 Å². The highest BCUT2D eigenvalue weighted by Crippen LogP contribution is 2.43. The van der Waals surface area contributed by atoms with E-state index in [9.17, 15) is 9.59 Å². The average Bonchev–Trinajstić information content (AvgIpc) is 3.35. The number of thiazole rings is 1. The monoisotopic (exact) mass is 404 g/mol. The molecule has 0 aliphatic rings. The third kappa shape index (κ3) is 3.72. The van der Waals surface area contributed by atoms with Crippen molar-refractivity contribution in [3.63, 3.8) is 0 Å². The van der Waals surface area contributed by atoms with Gasteiger partial charge in [-0.05, 0) is 19.1 Å². The first-order chi connectivity index (χ1) is 13.5. The number of nitrogens with one attached hydrogen (secondary N) is 3. The minimum Gasteiger partial charge on any atom is -0.493 e. The topological polar surface area (TPSA) is 115 Å². The molecule has 0 fully saturated rings. The van der Waals surface area contributed by atoms with E-state index in [0.29, 0.717) is 33.3 Å². The number of anilines is 1. The number of rotatable bonds is 7. The number of methoxy groups -OCH3 is 3. The first-order valence-corrected chi connectivity index (χ1v) is 9.19. The van der Waals surface area contributed by atoms with Crippen molar-refractivity contribution in [2.24, 2.45) is 0 Å². The first kappa shape index (κ1) is 19.5. The normalized spacial score (nSPS) is 11.7. The average molecular weight is 404 g/mol. The Hall–Kier alpha value is -3.27. The van der Waals surface area contributed by atoms with Crippen molar-refractivity contribution in [1.82, 2.24) is 15.3 Å². The smallest absolute Gasteiger partial charge is 0.268 e. The van der Waals surface area contributed by atoms with Crippen molar-refractivity contribution < 1.29 is 23.8 Å². The number of hydrogen-bond acceptors (Lipinski definition) is 7. The fourth-order valence-electron chi connectivity index (χ4n) is 2.71. The van der Waals surface area contributed by atoms with Crippen molar-refractivity contribution >= 4 is 39.2 Å². The molecule has 2 aromatic heterocycles. The third-order valence-electron chi connectivity index (χ3n) is 4.07. The summed E-state index contributed by atoms with van der Waals surface area (Å²) in [5.41, 5.74) is 0.864. The Bertz CT molecular complexity index is 999. The van der Waals surface area contributed by atoms with Crippen LogP contribution in [0.2, 0.25) is 0 Å². The van der Waals surface area contributed by atoms with Crippen LogP contribution in [0, 0.1) is 0 Å². The van der Waals surface area contributed by atoms with Crippen LogP contribution in [0.25, 0.3) is 10.9 Å². The number of ether oxygens (including phenoxy) is 3. The zero-order valence-corrected chi connectivity index (χ0v) is 16.6. The first-order valence-electron chi connectivity index (χ1n) is 8.31. The molecule has 0 radical (unpaired) electrons. The second-order valence-electron chi connectivity index (χ2n) is 5.81. The molecular formula is C18H20N4O5S. The Balaban J connectivity index is 1.82. The lowest BCUT2D eigenvalue weighted by Gasteiger charge is -2.13. The van der Waals surface area contributed by atoms with Crippen molar-refractivity contribution in [1.29, 1.82) is 0 Å². The third-order valence-corrected chi connectivity index (χ3v) is 4.76. The molecule has 10 heteroatoms. The van der Waals surface area contributed by atoms with Crippen LogP contribution < -0.4 is 24.8 Å². The van der Waals surface area contributed by atoms with Crippen LogP contribution in [0.3, 0.4) is 0 Å². The Labute approximate surface area is 165 Å². The Morgan fingerprint density at radius 3 is 2.50 bits per heavy atom. The summed E-state index contributed by atoms with van der Waals surface area (Å²) in [6, 6.07) is 2.64. The highest BCUT2D eigenvalue weighted by molar-refractivity contribution is 7.13.